The Kier molecular flexibility index (Phi) is 4.77. The lowest BCUT2D eigenvalue weighted by Crippen LogP contribution is -2.41. The summed E-state index contributed by atoms with van der Waals surface area (Å²) in [6, 6.07) is 6.27. The second-order valence-electron chi connectivity index (χ2n) is 5.69. The highest BCUT2D eigenvalue weighted by atomic mass is 32.1. The topological polar surface area (TPSA) is 54.9 Å². The van der Waals surface area contributed by atoms with Gasteiger partial charge >= 0.3 is 0 Å². The fourth-order valence-corrected chi connectivity index (χ4v) is 3.00. The van der Waals surface area contributed by atoms with Crippen LogP contribution in [0.25, 0.3) is 0 Å². The zero-order valence-corrected chi connectivity index (χ0v) is 13.5. The first kappa shape index (κ1) is 15.1. The van der Waals surface area contributed by atoms with Crippen LogP contribution in [0.2, 0.25) is 0 Å². The molecule has 1 aliphatic carbocycles. The minimum atomic E-state index is 0.280. The van der Waals surface area contributed by atoms with Crippen molar-refractivity contribution in [2.24, 2.45) is 5.10 Å². The molecule has 5 nitrogen and oxygen atoms in total. The summed E-state index contributed by atoms with van der Waals surface area (Å²) in [5, 5.41) is 8.28. The first-order valence-electron chi connectivity index (χ1n) is 7.73. The van der Waals surface area contributed by atoms with Crippen LogP contribution in [0.3, 0.4) is 0 Å². The Morgan fingerprint density at radius 2 is 1.95 bits per heavy atom. The van der Waals surface area contributed by atoms with Crippen LogP contribution in [0.5, 0.6) is 11.5 Å². The minimum absolute atomic E-state index is 0.280. The highest BCUT2D eigenvalue weighted by molar-refractivity contribution is 7.80. The predicted molar refractivity (Wildman–Crippen MR) is 90.5 cm³/mol. The zero-order chi connectivity index (χ0) is 15.4. The number of rotatable bonds is 3. The van der Waals surface area contributed by atoms with Crippen LogP contribution in [0.4, 0.5) is 0 Å². The molecule has 0 radical (unpaired) electrons. The number of nitrogens with one attached hydrogen (secondary N) is 2. The summed E-state index contributed by atoms with van der Waals surface area (Å²) in [5.74, 6) is 1.54. The van der Waals surface area contributed by atoms with E-state index in [1.54, 1.807) is 0 Å². The predicted octanol–water partition coefficient (Wildman–Crippen LogP) is 2.94. The van der Waals surface area contributed by atoms with Crippen molar-refractivity contribution in [3.63, 3.8) is 0 Å². The molecule has 1 aromatic rings. The van der Waals surface area contributed by atoms with E-state index in [0.29, 0.717) is 11.2 Å². The van der Waals surface area contributed by atoms with Gasteiger partial charge in [0, 0.05) is 11.6 Å². The van der Waals surface area contributed by atoms with E-state index >= 15 is 0 Å². The van der Waals surface area contributed by atoms with Crippen molar-refractivity contribution in [2.45, 2.75) is 45.1 Å². The lowest BCUT2D eigenvalue weighted by atomic mass is 9.96. The Balaban J connectivity index is 1.56. The third kappa shape index (κ3) is 3.68. The molecule has 0 amide bonds. The summed E-state index contributed by atoms with van der Waals surface area (Å²) in [6.07, 6.45) is 6.26. The van der Waals surface area contributed by atoms with Gasteiger partial charge in [0.05, 0.1) is 5.71 Å². The summed E-state index contributed by atoms with van der Waals surface area (Å²) in [6.45, 7) is 2.22. The number of ether oxygens (including phenoxy) is 2. The molecule has 1 aromatic carbocycles. The molecule has 1 fully saturated rings. The normalized spacial score (nSPS) is 18.1. The lowest BCUT2D eigenvalue weighted by Gasteiger charge is -2.23. The molecule has 0 atom stereocenters. The van der Waals surface area contributed by atoms with Crippen molar-refractivity contribution < 1.29 is 9.47 Å². The van der Waals surface area contributed by atoms with Gasteiger partial charge in [0.25, 0.3) is 0 Å². The van der Waals surface area contributed by atoms with Crippen molar-refractivity contribution >= 4 is 23.0 Å². The second kappa shape index (κ2) is 6.96. The Morgan fingerprint density at radius 1 is 1.18 bits per heavy atom. The van der Waals surface area contributed by atoms with Crippen LogP contribution < -0.4 is 20.2 Å². The lowest BCUT2D eigenvalue weighted by molar-refractivity contribution is 0.174. The molecular formula is C16H21N3O2S. The van der Waals surface area contributed by atoms with Gasteiger partial charge in [0.2, 0.25) is 6.79 Å². The fourth-order valence-electron chi connectivity index (χ4n) is 2.79. The van der Waals surface area contributed by atoms with Gasteiger partial charge in [-0.25, -0.2) is 0 Å². The second-order valence-corrected chi connectivity index (χ2v) is 6.09. The van der Waals surface area contributed by atoms with Crippen LogP contribution in [0, 0.1) is 0 Å². The van der Waals surface area contributed by atoms with Crippen LogP contribution >= 0.6 is 12.2 Å². The molecule has 1 aliphatic heterocycles. The number of hydrazone groups is 1. The average molecular weight is 319 g/mol. The van der Waals surface area contributed by atoms with Gasteiger partial charge in [0.1, 0.15) is 0 Å². The van der Waals surface area contributed by atoms with E-state index in [1.165, 1.54) is 32.1 Å². The smallest absolute Gasteiger partial charge is 0.231 e. The summed E-state index contributed by atoms with van der Waals surface area (Å²) >= 11 is 5.31. The summed E-state index contributed by atoms with van der Waals surface area (Å²) in [5.41, 5.74) is 4.77. The van der Waals surface area contributed by atoms with Gasteiger partial charge in [0.15, 0.2) is 16.6 Å². The zero-order valence-electron chi connectivity index (χ0n) is 12.7. The highest BCUT2D eigenvalue weighted by Crippen LogP contribution is 2.32. The molecule has 0 aromatic heterocycles. The van der Waals surface area contributed by atoms with E-state index in [1.807, 2.05) is 25.1 Å². The minimum Gasteiger partial charge on any atom is -0.454 e. The maximum Gasteiger partial charge on any atom is 0.231 e. The van der Waals surface area contributed by atoms with Crippen molar-refractivity contribution in [2.75, 3.05) is 6.79 Å². The monoisotopic (exact) mass is 319 g/mol. The van der Waals surface area contributed by atoms with E-state index < -0.39 is 0 Å². The molecule has 1 saturated carbocycles. The average Bonchev–Trinajstić information content (AvgIpc) is 3.01. The molecule has 1 heterocycles. The molecule has 0 spiro atoms. The molecule has 0 unspecified atom stereocenters. The maximum atomic E-state index is 5.38. The number of nitrogens with zero attached hydrogens (tertiary/aromatic N) is 1. The van der Waals surface area contributed by atoms with Gasteiger partial charge in [-0.15, -0.1) is 0 Å². The summed E-state index contributed by atoms with van der Waals surface area (Å²) in [4.78, 5) is 0. The van der Waals surface area contributed by atoms with Gasteiger partial charge in [-0.3, -0.25) is 5.43 Å². The molecule has 118 valence electrons. The molecule has 3 rings (SSSR count). The Morgan fingerprint density at radius 3 is 2.77 bits per heavy atom. The first-order valence-corrected chi connectivity index (χ1v) is 8.14. The third-order valence-electron chi connectivity index (χ3n) is 4.06. The maximum absolute atomic E-state index is 5.38. The summed E-state index contributed by atoms with van der Waals surface area (Å²) in [7, 11) is 0. The first-order chi connectivity index (χ1) is 10.7. The molecular weight excluding hydrogens is 298 g/mol. The number of fused-ring (bicyclic) bond motifs is 1. The number of hydrogen-bond donors (Lipinski definition) is 2. The van der Waals surface area contributed by atoms with Crippen LogP contribution in [0.1, 0.15) is 44.6 Å². The Hall–Kier alpha value is -1.82. The van der Waals surface area contributed by atoms with E-state index in [9.17, 15) is 0 Å². The van der Waals surface area contributed by atoms with E-state index in [-0.39, 0.29) is 6.79 Å². The standard InChI is InChI=1S/C16H21N3O2S/c1-11(12-7-8-14-15(9-12)21-10-20-14)18-19-16(22)17-13-5-3-2-4-6-13/h7-9,13H,2-6,10H2,1H3,(H2,17,19,22). The van der Waals surface area contributed by atoms with Crippen LogP contribution in [0.15, 0.2) is 23.3 Å². The Bertz CT molecular complexity index is 583. The van der Waals surface area contributed by atoms with Crippen molar-refractivity contribution in [3.05, 3.63) is 23.8 Å². The number of hydrogen-bond acceptors (Lipinski definition) is 4. The largest absolute Gasteiger partial charge is 0.454 e. The van der Waals surface area contributed by atoms with Gasteiger partial charge in [-0.2, -0.15) is 5.10 Å². The molecule has 2 aliphatic rings. The van der Waals surface area contributed by atoms with Crippen molar-refractivity contribution in [1.82, 2.24) is 10.7 Å². The molecule has 22 heavy (non-hydrogen) atoms. The van der Waals surface area contributed by atoms with Gasteiger partial charge < -0.3 is 14.8 Å². The van der Waals surface area contributed by atoms with Crippen molar-refractivity contribution in [1.29, 1.82) is 0 Å². The van der Waals surface area contributed by atoms with Crippen molar-refractivity contribution in [3.8, 4) is 11.5 Å². The fraction of sp³-hybridized carbons (Fsp3) is 0.500. The van der Waals surface area contributed by atoms with Crippen LogP contribution in [-0.4, -0.2) is 23.7 Å². The van der Waals surface area contributed by atoms with Crippen LogP contribution in [-0.2, 0) is 0 Å². The number of benzene rings is 1. The van der Waals surface area contributed by atoms with Gasteiger partial charge in [-0.05, 0) is 50.2 Å². The Labute approximate surface area is 136 Å². The SMILES string of the molecule is CC(=NNC(=S)NC1CCCCC1)c1ccc2c(c1)OCO2. The van der Waals surface area contributed by atoms with Gasteiger partial charge in [-0.1, -0.05) is 19.3 Å². The number of thiocarbonyl (C=S) groups is 1. The highest BCUT2D eigenvalue weighted by Gasteiger charge is 2.15. The summed E-state index contributed by atoms with van der Waals surface area (Å²) < 4.78 is 10.7. The molecule has 0 bridgehead atoms. The quantitative estimate of drug-likeness (QED) is 0.510. The van der Waals surface area contributed by atoms with E-state index in [0.717, 1.165) is 22.8 Å². The molecule has 0 saturated heterocycles. The van der Waals surface area contributed by atoms with E-state index in [2.05, 4.69) is 15.8 Å². The molecule has 6 heteroatoms. The van der Waals surface area contributed by atoms with E-state index in [4.69, 9.17) is 21.7 Å². The third-order valence-corrected chi connectivity index (χ3v) is 4.27. The molecule has 2 N–H and O–H groups in total.